The van der Waals surface area contributed by atoms with Crippen LogP contribution in [0.25, 0.3) is 0 Å². The van der Waals surface area contributed by atoms with Gasteiger partial charge in [-0.3, -0.25) is 4.79 Å². The van der Waals surface area contributed by atoms with Crippen molar-refractivity contribution in [3.05, 3.63) is 34.9 Å². The maximum atomic E-state index is 12.1. The largest absolute Gasteiger partial charge is 0.390 e. The van der Waals surface area contributed by atoms with E-state index in [9.17, 15) is 9.90 Å². The second kappa shape index (κ2) is 5.63. The molecule has 0 amide bonds. The first-order chi connectivity index (χ1) is 7.85. The van der Waals surface area contributed by atoms with Gasteiger partial charge in [0, 0.05) is 10.6 Å². The molecule has 4 heteroatoms. The fourth-order valence-corrected chi connectivity index (χ4v) is 1.90. The van der Waals surface area contributed by atoms with Crippen molar-refractivity contribution in [3.8, 4) is 0 Å². The highest BCUT2D eigenvalue weighted by Crippen LogP contribution is 2.11. The lowest BCUT2D eigenvalue weighted by Crippen LogP contribution is -3.01. The van der Waals surface area contributed by atoms with Crippen molar-refractivity contribution in [2.24, 2.45) is 0 Å². The Morgan fingerprint density at radius 1 is 1.53 bits per heavy atom. The van der Waals surface area contributed by atoms with E-state index in [1.165, 1.54) is 0 Å². The van der Waals surface area contributed by atoms with Crippen molar-refractivity contribution in [3.63, 3.8) is 0 Å². The molecule has 1 atom stereocenters. The van der Waals surface area contributed by atoms with Crippen LogP contribution in [0.5, 0.6) is 0 Å². The minimum absolute atomic E-state index is 0.0222. The molecule has 17 heavy (non-hydrogen) atoms. The molecule has 1 rings (SSSR count). The molecule has 0 aliphatic carbocycles. The van der Waals surface area contributed by atoms with E-state index >= 15 is 0 Å². The van der Waals surface area contributed by atoms with Crippen molar-refractivity contribution in [2.45, 2.75) is 32.4 Å². The molecule has 0 aromatic heterocycles. The molecular formula is C13H19ClNO2+. The number of carbonyl (C=O) groups is 1. The van der Waals surface area contributed by atoms with Gasteiger partial charge in [-0.15, -0.1) is 0 Å². The summed E-state index contributed by atoms with van der Waals surface area (Å²) < 4.78 is 0. The number of benzene rings is 1. The first-order valence-electron chi connectivity index (χ1n) is 5.62. The summed E-state index contributed by atoms with van der Waals surface area (Å²) in [5.74, 6) is 0.0222. The fourth-order valence-electron chi connectivity index (χ4n) is 1.71. The molecule has 0 bridgehead atoms. The van der Waals surface area contributed by atoms with Crippen molar-refractivity contribution < 1.29 is 15.2 Å². The number of carbonyl (C=O) groups excluding carboxylic acids is 1. The summed E-state index contributed by atoms with van der Waals surface area (Å²) in [5, 5.41) is 11.6. The maximum absolute atomic E-state index is 12.1. The second-order valence-electron chi connectivity index (χ2n) is 4.98. The predicted octanol–water partition coefficient (Wildman–Crippen LogP) is 1.25. The monoisotopic (exact) mass is 256 g/mol. The number of nitrogens with two attached hydrogens (primary N) is 1. The highest BCUT2D eigenvalue weighted by molar-refractivity contribution is 6.31. The van der Waals surface area contributed by atoms with Crippen LogP contribution in [0.4, 0.5) is 0 Å². The Morgan fingerprint density at radius 2 is 2.18 bits per heavy atom. The predicted molar refractivity (Wildman–Crippen MR) is 68.3 cm³/mol. The van der Waals surface area contributed by atoms with E-state index in [4.69, 9.17) is 11.6 Å². The number of rotatable bonds is 5. The molecule has 0 aliphatic rings. The molecule has 94 valence electrons. The number of Topliss-reactive ketones (excluding diaryl/α,β-unsaturated/α-hetero) is 1. The Labute approximate surface area is 107 Å². The zero-order chi connectivity index (χ0) is 13.1. The van der Waals surface area contributed by atoms with Gasteiger partial charge < -0.3 is 10.4 Å². The summed E-state index contributed by atoms with van der Waals surface area (Å²) in [6, 6.07) is 6.68. The van der Waals surface area contributed by atoms with E-state index in [0.29, 0.717) is 10.6 Å². The number of ketones is 1. The number of halogens is 1. The minimum Gasteiger partial charge on any atom is -0.390 e. The van der Waals surface area contributed by atoms with E-state index in [0.717, 1.165) is 0 Å². The lowest BCUT2D eigenvalue weighted by Gasteiger charge is -2.23. The van der Waals surface area contributed by atoms with Crippen molar-refractivity contribution >= 4 is 17.4 Å². The van der Waals surface area contributed by atoms with Crippen LogP contribution >= 0.6 is 11.6 Å². The summed E-state index contributed by atoms with van der Waals surface area (Å²) in [7, 11) is 0. The zero-order valence-electron chi connectivity index (χ0n) is 10.4. The average molecular weight is 257 g/mol. The second-order valence-corrected chi connectivity index (χ2v) is 5.41. The van der Waals surface area contributed by atoms with Crippen LogP contribution in [0.15, 0.2) is 24.3 Å². The first kappa shape index (κ1) is 14.2. The van der Waals surface area contributed by atoms with Gasteiger partial charge in [0.15, 0.2) is 0 Å². The minimum atomic E-state index is -0.354. The zero-order valence-corrected chi connectivity index (χ0v) is 11.2. The van der Waals surface area contributed by atoms with Gasteiger partial charge in [-0.25, -0.2) is 0 Å². The third-order valence-electron chi connectivity index (χ3n) is 2.63. The molecule has 0 radical (unpaired) electrons. The average Bonchev–Trinajstić information content (AvgIpc) is 2.27. The summed E-state index contributed by atoms with van der Waals surface area (Å²) in [4.78, 5) is 12.1. The Hall–Kier alpha value is -0.900. The van der Waals surface area contributed by atoms with E-state index in [1.807, 2.05) is 26.1 Å². The molecule has 0 spiro atoms. The molecule has 0 saturated carbocycles. The van der Waals surface area contributed by atoms with Gasteiger partial charge >= 0.3 is 0 Å². The highest BCUT2D eigenvalue weighted by atomic mass is 35.5. The SMILES string of the molecule is CC([NH2+]C(C)(C)CO)C(=O)c1cccc(Cl)c1. The van der Waals surface area contributed by atoms with Crippen LogP contribution < -0.4 is 5.32 Å². The smallest absolute Gasteiger partial charge is 0.219 e. The Bertz CT molecular complexity index is 404. The third kappa shape index (κ3) is 4.11. The number of aliphatic hydroxyl groups is 1. The van der Waals surface area contributed by atoms with Gasteiger partial charge in [-0.2, -0.15) is 0 Å². The van der Waals surface area contributed by atoms with Crippen LogP contribution in [0.2, 0.25) is 5.02 Å². The summed E-state index contributed by atoms with van der Waals surface area (Å²) in [6.45, 7) is 5.66. The van der Waals surface area contributed by atoms with Crippen LogP contribution in [0, 0.1) is 0 Å². The standard InChI is InChI=1S/C13H18ClNO2/c1-9(15-13(2,3)8-16)12(17)10-5-4-6-11(14)7-10/h4-7,9,15-16H,8H2,1-3H3/p+1. The van der Waals surface area contributed by atoms with Crippen molar-refractivity contribution in [1.29, 1.82) is 0 Å². The first-order valence-corrected chi connectivity index (χ1v) is 6.00. The highest BCUT2D eigenvalue weighted by Gasteiger charge is 2.27. The molecule has 0 fully saturated rings. The van der Waals surface area contributed by atoms with E-state index < -0.39 is 0 Å². The van der Waals surface area contributed by atoms with Crippen LogP contribution in [0.3, 0.4) is 0 Å². The number of hydrogen-bond acceptors (Lipinski definition) is 2. The van der Waals surface area contributed by atoms with Gasteiger partial charge in [0.1, 0.15) is 11.6 Å². The normalized spacial score (nSPS) is 13.5. The van der Waals surface area contributed by atoms with E-state index in [-0.39, 0.29) is 24.0 Å². The molecule has 0 aliphatic heterocycles. The molecule has 1 aromatic carbocycles. The molecule has 0 saturated heterocycles. The Balaban J connectivity index is 2.77. The Morgan fingerprint density at radius 3 is 2.71 bits per heavy atom. The number of aliphatic hydroxyl groups excluding tert-OH is 1. The maximum Gasteiger partial charge on any atom is 0.219 e. The van der Waals surface area contributed by atoms with Gasteiger partial charge in [-0.1, -0.05) is 23.7 Å². The molecule has 1 aromatic rings. The third-order valence-corrected chi connectivity index (χ3v) is 2.87. The summed E-state index contributed by atoms with van der Waals surface area (Å²) >= 11 is 5.85. The lowest BCUT2D eigenvalue weighted by molar-refractivity contribution is -0.737. The topological polar surface area (TPSA) is 53.9 Å². The number of hydrogen-bond donors (Lipinski definition) is 2. The van der Waals surface area contributed by atoms with Gasteiger partial charge in [0.2, 0.25) is 5.78 Å². The van der Waals surface area contributed by atoms with Crippen LogP contribution in [-0.4, -0.2) is 29.1 Å². The lowest BCUT2D eigenvalue weighted by atomic mass is 10.0. The quantitative estimate of drug-likeness (QED) is 0.779. The molecule has 3 N–H and O–H groups in total. The van der Waals surface area contributed by atoms with Gasteiger partial charge in [-0.05, 0) is 32.9 Å². The Kier molecular flexibility index (Phi) is 4.69. The molecule has 1 unspecified atom stereocenters. The van der Waals surface area contributed by atoms with Gasteiger partial charge in [0.05, 0.1) is 6.61 Å². The summed E-state index contributed by atoms with van der Waals surface area (Å²) in [6.07, 6.45) is 0. The molecular weight excluding hydrogens is 238 g/mol. The van der Waals surface area contributed by atoms with Crippen molar-refractivity contribution in [2.75, 3.05) is 6.61 Å². The summed E-state index contributed by atoms with van der Waals surface area (Å²) in [5.41, 5.74) is 0.253. The number of quaternary nitrogens is 1. The fraction of sp³-hybridized carbons (Fsp3) is 0.462. The van der Waals surface area contributed by atoms with Crippen LogP contribution in [0.1, 0.15) is 31.1 Å². The van der Waals surface area contributed by atoms with E-state index in [1.54, 1.807) is 24.3 Å². The van der Waals surface area contributed by atoms with Crippen LogP contribution in [-0.2, 0) is 0 Å². The molecule has 0 heterocycles. The molecule has 3 nitrogen and oxygen atoms in total. The van der Waals surface area contributed by atoms with Gasteiger partial charge in [0.25, 0.3) is 0 Å². The van der Waals surface area contributed by atoms with Crippen molar-refractivity contribution in [1.82, 2.24) is 0 Å². The van der Waals surface area contributed by atoms with E-state index in [2.05, 4.69) is 0 Å².